The molecule has 1 aromatic heterocycles. The minimum atomic E-state index is -1.11. The summed E-state index contributed by atoms with van der Waals surface area (Å²) in [7, 11) is 0. The van der Waals surface area contributed by atoms with Crippen molar-refractivity contribution in [2.24, 2.45) is 0 Å². The third kappa shape index (κ3) is 4.34. The summed E-state index contributed by atoms with van der Waals surface area (Å²) in [6.07, 6.45) is -1.11. The van der Waals surface area contributed by atoms with E-state index in [9.17, 15) is 14.0 Å². The number of carbonyl (C=O) groups excluding carboxylic acids is 2. The molecule has 1 N–H and O–H groups in total. The lowest BCUT2D eigenvalue weighted by Gasteiger charge is -2.17. The van der Waals surface area contributed by atoms with Crippen LogP contribution in [-0.2, 0) is 9.53 Å². The van der Waals surface area contributed by atoms with Crippen molar-refractivity contribution in [2.75, 3.05) is 5.32 Å². The lowest BCUT2D eigenvalue weighted by Crippen LogP contribution is -2.25. The first-order valence-electron chi connectivity index (χ1n) is 7.92. The van der Waals surface area contributed by atoms with E-state index < -0.39 is 23.8 Å². The van der Waals surface area contributed by atoms with Crippen molar-refractivity contribution < 1.29 is 18.7 Å². The highest BCUT2D eigenvalue weighted by molar-refractivity contribution is 7.13. The molecule has 0 saturated heterocycles. The second-order valence-electron chi connectivity index (χ2n) is 5.60. The minimum Gasteiger partial charge on any atom is -0.443 e. The fourth-order valence-electron chi connectivity index (χ4n) is 2.35. The maximum absolute atomic E-state index is 13.0. The normalized spacial score (nSPS) is 11.6. The Hall–Kier alpha value is -2.99. The van der Waals surface area contributed by atoms with Crippen LogP contribution in [0, 0.1) is 12.7 Å². The second-order valence-corrected chi connectivity index (χ2v) is 6.89. The lowest BCUT2D eigenvalue weighted by molar-refractivity contribution is -0.125. The first kappa shape index (κ1) is 17.8. The maximum Gasteiger partial charge on any atom is 0.349 e. The molecule has 0 radical (unpaired) electrons. The van der Waals surface area contributed by atoms with E-state index in [1.54, 1.807) is 30.3 Å². The van der Waals surface area contributed by atoms with Gasteiger partial charge in [-0.05, 0) is 43.3 Å². The van der Waals surface area contributed by atoms with Gasteiger partial charge in [0.05, 0.1) is 0 Å². The van der Waals surface area contributed by atoms with Gasteiger partial charge in [0.1, 0.15) is 10.7 Å². The van der Waals surface area contributed by atoms with Crippen LogP contribution in [0.2, 0.25) is 0 Å². The molecule has 0 bridgehead atoms. The molecule has 0 saturated carbocycles. The smallest absolute Gasteiger partial charge is 0.349 e. The zero-order valence-corrected chi connectivity index (χ0v) is 14.8. The van der Waals surface area contributed by atoms with Gasteiger partial charge in [0, 0.05) is 16.1 Å². The average Bonchev–Trinajstić information content (AvgIpc) is 3.08. The molecule has 2 aromatic carbocycles. The number of aryl methyl sites for hydroxylation is 1. The first-order chi connectivity index (χ1) is 12.5. The van der Waals surface area contributed by atoms with Crippen LogP contribution in [0.25, 0.3) is 0 Å². The van der Waals surface area contributed by atoms with Crippen molar-refractivity contribution in [3.63, 3.8) is 0 Å². The Kier molecular flexibility index (Phi) is 5.43. The van der Waals surface area contributed by atoms with Gasteiger partial charge in [-0.15, -0.1) is 11.3 Å². The molecular formula is C20H16FNO3S. The fourth-order valence-corrected chi connectivity index (χ4v) is 3.10. The molecule has 26 heavy (non-hydrogen) atoms. The first-order valence-corrected chi connectivity index (χ1v) is 8.73. The zero-order valence-electron chi connectivity index (χ0n) is 13.9. The molecule has 1 heterocycles. The largest absolute Gasteiger partial charge is 0.443 e. The minimum absolute atomic E-state index is 0.401. The van der Waals surface area contributed by atoms with Crippen LogP contribution in [-0.4, -0.2) is 11.9 Å². The lowest BCUT2D eigenvalue weighted by atomic mass is 10.1. The van der Waals surface area contributed by atoms with Gasteiger partial charge in [0.15, 0.2) is 0 Å². The summed E-state index contributed by atoms with van der Waals surface area (Å²) >= 11 is 1.30. The number of nitrogens with one attached hydrogen (secondary N) is 1. The van der Waals surface area contributed by atoms with Gasteiger partial charge < -0.3 is 10.1 Å². The number of benzene rings is 2. The number of anilines is 1. The van der Waals surface area contributed by atoms with Gasteiger partial charge in [-0.3, -0.25) is 4.79 Å². The molecule has 1 atom stereocenters. The van der Waals surface area contributed by atoms with Crippen molar-refractivity contribution >= 4 is 28.9 Å². The van der Waals surface area contributed by atoms with Crippen LogP contribution in [0.3, 0.4) is 0 Å². The Labute approximate surface area is 154 Å². The predicted octanol–water partition coefficient (Wildman–Crippen LogP) is 4.73. The number of hydrogen-bond acceptors (Lipinski definition) is 4. The molecule has 4 nitrogen and oxygen atoms in total. The van der Waals surface area contributed by atoms with Gasteiger partial charge in [0.2, 0.25) is 6.10 Å². The van der Waals surface area contributed by atoms with E-state index in [4.69, 9.17) is 4.74 Å². The molecule has 1 amide bonds. The quantitative estimate of drug-likeness (QED) is 0.662. The van der Waals surface area contributed by atoms with E-state index in [0.717, 1.165) is 4.88 Å². The number of halogens is 1. The Morgan fingerprint density at radius 3 is 2.31 bits per heavy atom. The maximum atomic E-state index is 13.0. The number of ether oxygens (including phenoxy) is 1. The van der Waals surface area contributed by atoms with Crippen LogP contribution < -0.4 is 5.32 Å². The summed E-state index contributed by atoms with van der Waals surface area (Å²) < 4.78 is 18.5. The van der Waals surface area contributed by atoms with Crippen molar-refractivity contribution in [3.05, 3.63) is 87.9 Å². The second kappa shape index (κ2) is 7.93. The predicted molar refractivity (Wildman–Crippen MR) is 98.7 cm³/mol. The highest BCUT2D eigenvalue weighted by Crippen LogP contribution is 2.24. The molecule has 132 valence electrons. The third-order valence-corrected chi connectivity index (χ3v) is 4.60. The van der Waals surface area contributed by atoms with E-state index in [1.165, 1.54) is 35.6 Å². The summed E-state index contributed by atoms with van der Waals surface area (Å²) in [6, 6.07) is 17.6. The molecule has 6 heteroatoms. The van der Waals surface area contributed by atoms with Crippen molar-refractivity contribution in [2.45, 2.75) is 13.0 Å². The molecule has 0 aliphatic rings. The third-order valence-electron chi connectivity index (χ3n) is 3.62. The molecule has 0 unspecified atom stereocenters. The van der Waals surface area contributed by atoms with E-state index >= 15 is 0 Å². The van der Waals surface area contributed by atoms with E-state index in [2.05, 4.69) is 5.32 Å². The summed E-state index contributed by atoms with van der Waals surface area (Å²) in [5.74, 6) is -1.47. The average molecular weight is 369 g/mol. The van der Waals surface area contributed by atoms with Crippen molar-refractivity contribution in [1.82, 2.24) is 0 Å². The van der Waals surface area contributed by atoms with Crippen molar-refractivity contribution in [1.29, 1.82) is 0 Å². The number of hydrogen-bond donors (Lipinski definition) is 1. The molecule has 0 fully saturated rings. The van der Waals surface area contributed by atoms with Gasteiger partial charge in [-0.2, -0.15) is 0 Å². The Bertz CT molecular complexity index is 906. The number of esters is 1. The summed E-state index contributed by atoms with van der Waals surface area (Å²) in [5, 5.41) is 2.65. The van der Waals surface area contributed by atoms with Crippen LogP contribution in [0.4, 0.5) is 10.1 Å². The Morgan fingerprint density at radius 1 is 1.00 bits per heavy atom. The number of rotatable bonds is 5. The van der Waals surface area contributed by atoms with Gasteiger partial charge >= 0.3 is 5.97 Å². The van der Waals surface area contributed by atoms with Crippen molar-refractivity contribution in [3.8, 4) is 0 Å². The molecule has 0 aliphatic heterocycles. The summed E-state index contributed by atoms with van der Waals surface area (Å²) in [6.45, 7) is 1.89. The summed E-state index contributed by atoms with van der Waals surface area (Å²) in [5.41, 5.74) is 0.967. The highest BCUT2D eigenvalue weighted by Gasteiger charge is 2.26. The number of amides is 1. The topological polar surface area (TPSA) is 55.4 Å². The molecular weight excluding hydrogens is 353 g/mol. The molecule has 0 spiro atoms. The van der Waals surface area contributed by atoms with E-state index in [1.807, 2.05) is 19.1 Å². The zero-order chi connectivity index (χ0) is 18.5. The molecule has 3 rings (SSSR count). The monoisotopic (exact) mass is 369 g/mol. The molecule has 0 aliphatic carbocycles. The Morgan fingerprint density at radius 2 is 1.69 bits per heavy atom. The van der Waals surface area contributed by atoms with Crippen LogP contribution in [0.15, 0.2) is 66.7 Å². The van der Waals surface area contributed by atoms with E-state index in [-0.39, 0.29) is 0 Å². The standard InChI is InChI=1S/C20H16FNO3S/c1-13-7-12-17(26-13)20(24)25-18(14-5-3-2-4-6-14)19(23)22-16-10-8-15(21)9-11-16/h2-12,18H,1H3,(H,22,23)/t18-/m1/s1. The van der Waals surface area contributed by atoms with Gasteiger partial charge in [-0.1, -0.05) is 30.3 Å². The highest BCUT2D eigenvalue weighted by atomic mass is 32.1. The SMILES string of the molecule is Cc1ccc(C(=O)O[C@@H](C(=O)Nc2ccc(F)cc2)c2ccccc2)s1. The summed E-state index contributed by atoms with van der Waals surface area (Å²) in [4.78, 5) is 26.5. The van der Waals surface area contributed by atoms with Crippen LogP contribution in [0.5, 0.6) is 0 Å². The molecule has 3 aromatic rings. The van der Waals surface area contributed by atoms with Crippen LogP contribution in [0.1, 0.15) is 26.2 Å². The number of carbonyl (C=O) groups is 2. The number of thiophene rings is 1. The van der Waals surface area contributed by atoms with Gasteiger partial charge in [0.25, 0.3) is 5.91 Å². The van der Waals surface area contributed by atoms with Crippen LogP contribution >= 0.6 is 11.3 Å². The van der Waals surface area contributed by atoms with Gasteiger partial charge in [-0.25, -0.2) is 9.18 Å². The Balaban J connectivity index is 1.82. The fraction of sp³-hybridized carbons (Fsp3) is 0.100. The van der Waals surface area contributed by atoms with E-state index in [0.29, 0.717) is 16.1 Å².